The maximum Gasteiger partial charge on any atom is 0.314 e. The van der Waals surface area contributed by atoms with Crippen LogP contribution < -0.4 is 4.83 Å². The van der Waals surface area contributed by atoms with Gasteiger partial charge in [0.2, 0.25) is 0 Å². The molecule has 4 rings (SSSR count). The maximum absolute atomic E-state index is 12.4. The molecule has 22 heavy (non-hydrogen) atoms. The number of benzene rings is 1. The fourth-order valence-corrected chi connectivity index (χ4v) is 2.90. The molecule has 9 nitrogen and oxygen atoms in total. The third-order valence-electron chi connectivity index (χ3n) is 3.05. The highest BCUT2D eigenvalue weighted by molar-refractivity contribution is 7.92. The van der Waals surface area contributed by atoms with Gasteiger partial charge in [-0.3, -0.25) is 0 Å². The van der Waals surface area contributed by atoms with Crippen molar-refractivity contribution >= 4 is 26.6 Å². The minimum absolute atomic E-state index is 0.347. The second kappa shape index (κ2) is 4.49. The monoisotopic (exact) mass is 315 g/mol. The van der Waals surface area contributed by atoms with E-state index >= 15 is 0 Å². The van der Waals surface area contributed by atoms with Gasteiger partial charge in [-0.15, -0.1) is 5.10 Å². The Balaban J connectivity index is 1.77. The topological polar surface area (TPSA) is 107 Å². The summed E-state index contributed by atoms with van der Waals surface area (Å²) in [7, 11) is -3.96. The van der Waals surface area contributed by atoms with E-state index in [2.05, 4.69) is 25.0 Å². The van der Waals surface area contributed by atoms with Crippen LogP contribution in [0.2, 0.25) is 0 Å². The first kappa shape index (κ1) is 12.7. The van der Waals surface area contributed by atoms with Crippen LogP contribution in [0.4, 0.5) is 0 Å². The predicted molar refractivity (Wildman–Crippen MR) is 77.1 cm³/mol. The number of fused-ring (bicyclic) bond motifs is 2. The maximum atomic E-state index is 12.4. The Bertz CT molecular complexity index is 1050. The number of nitrogens with zero attached hydrogens (tertiary/aromatic N) is 6. The second-order valence-electron chi connectivity index (χ2n) is 4.49. The van der Waals surface area contributed by atoms with Crippen molar-refractivity contribution in [2.75, 3.05) is 4.83 Å². The van der Waals surface area contributed by atoms with Crippen molar-refractivity contribution in [2.45, 2.75) is 5.16 Å². The summed E-state index contributed by atoms with van der Waals surface area (Å²) in [5, 5.41) is 8.38. The summed E-state index contributed by atoms with van der Waals surface area (Å²) in [5.74, 6) is 0. The van der Waals surface area contributed by atoms with Gasteiger partial charge in [0, 0.05) is 17.6 Å². The van der Waals surface area contributed by atoms with E-state index in [1.165, 1.54) is 21.8 Å². The van der Waals surface area contributed by atoms with Crippen LogP contribution in [0.1, 0.15) is 0 Å². The number of hydrogen-bond donors (Lipinski definition) is 1. The van der Waals surface area contributed by atoms with E-state index in [-0.39, 0.29) is 5.16 Å². The highest BCUT2D eigenvalue weighted by Crippen LogP contribution is 2.13. The molecule has 0 aliphatic heterocycles. The number of para-hydroxylation sites is 1. The summed E-state index contributed by atoms with van der Waals surface area (Å²) in [5.41, 5.74) is 1.03. The summed E-state index contributed by atoms with van der Waals surface area (Å²) in [4.78, 5) is 11.3. The van der Waals surface area contributed by atoms with Gasteiger partial charge in [-0.05, 0) is 6.07 Å². The second-order valence-corrected chi connectivity index (χ2v) is 6.04. The predicted octanol–water partition coefficient (Wildman–Crippen LogP) is 0.406. The van der Waals surface area contributed by atoms with Crippen molar-refractivity contribution in [3.05, 3.63) is 49.1 Å². The van der Waals surface area contributed by atoms with Gasteiger partial charge >= 0.3 is 10.0 Å². The van der Waals surface area contributed by atoms with Crippen LogP contribution in [0.5, 0.6) is 0 Å². The van der Waals surface area contributed by atoms with Gasteiger partial charge in [0.25, 0.3) is 5.16 Å². The number of nitrogens with one attached hydrogen (secondary N) is 1. The lowest BCUT2D eigenvalue weighted by Gasteiger charge is -2.05. The fourth-order valence-electron chi connectivity index (χ4n) is 2.04. The number of rotatable bonds is 3. The van der Waals surface area contributed by atoms with Crippen LogP contribution in [0.25, 0.3) is 16.6 Å². The average molecular weight is 315 g/mol. The fraction of sp³-hybridized carbons (Fsp3) is 0. The average Bonchev–Trinajstić information content (AvgIpc) is 3.12. The van der Waals surface area contributed by atoms with Crippen LogP contribution in [0.15, 0.2) is 54.2 Å². The molecule has 1 N–H and O–H groups in total. The minimum Gasteiger partial charge on any atom is -0.245 e. The standard InChI is InChI=1S/C12H9N7O2S/c20-22(21,12-15-11-5-6-13-8-18(11)16-12)17-19-10-4-2-1-3-9(10)7-14-19/h1-8,17H. The molecule has 3 aromatic heterocycles. The summed E-state index contributed by atoms with van der Waals surface area (Å²) >= 11 is 0. The van der Waals surface area contributed by atoms with Gasteiger partial charge in [-0.1, -0.05) is 18.2 Å². The van der Waals surface area contributed by atoms with E-state index in [4.69, 9.17) is 0 Å². The van der Waals surface area contributed by atoms with E-state index in [0.29, 0.717) is 11.2 Å². The van der Waals surface area contributed by atoms with Gasteiger partial charge in [0.15, 0.2) is 5.65 Å². The third-order valence-corrected chi connectivity index (χ3v) is 4.12. The zero-order chi connectivity index (χ0) is 15.2. The Morgan fingerprint density at radius 1 is 1.14 bits per heavy atom. The molecule has 0 atom stereocenters. The van der Waals surface area contributed by atoms with Crippen LogP contribution in [-0.2, 0) is 10.0 Å². The van der Waals surface area contributed by atoms with Crippen LogP contribution in [0, 0.1) is 0 Å². The first-order valence-corrected chi connectivity index (χ1v) is 7.74. The Morgan fingerprint density at radius 2 is 2.00 bits per heavy atom. The Labute approximate surface area is 124 Å². The number of aromatic nitrogens is 6. The van der Waals surface area contributed by atoms with Crippen molar-refractivity contribution in [1.82, 2.24) is 29.5 Å². The summed E-state index contributed by atoms with van der Waals surface area (Å²) < 4.78 is 26.1. The first-order chi connectivity index (χ1) is 10.6. The molecule has 0 unspecified atom stereocenters. The molecular formula is C12H9N7O2S. The Kier molecular flexibility index (Phi) is 2.60. The van der Waals surface area contributed by atoms with E-state index in [1.807, 2.05) is 12.1 Å². The number of sulfonamides is 1. The summed E-state index contributed by atoms with van der Waals surface area (Å²) in [6.45, 7) is 0. The van der Waals surface area contributed by atoms with Gasteiger partial charge in [-0.2, -0.15) is 28.1 Å². The molecule has 110 valence electrons. The first-order valence-electron chi connectivity index (χ1n) is 6.25. The molecule has 0 radical (unpaired) electrons. The lowest BCUT2D eigenvalue weighted by Crippen LogP contribution is -2.25. The van der Waals surface area contributed by atoms with Crippen LogP contribution in [0.3, 0.4) is 0 Å². The molecule has 0 aliphatic rings. The van der Waals surface area contributed by atoms with Crippen molar-refractivity contribution in [3.63, 3.8) is 0 Å². The van der Waals surface area contributed by atoms with Gasteiger partial charge < -0.3 is 0 Å². The molecule has 0 amide bonds. The van der Waals surface area contributed by atoms with Crippen LogP contribution in [-0.4, -0.2) is 37.9 Å². The normalized spacial score (nSPS) is 12.0. The molecule has 0 saturated carbocycles. The molecule has 1 aromatic carbocycles. The zero-order valence-electron chi connectivity index (χ0n) is 11.0. The van der Waals surface area contributed by atoms with E-state index in [9.17, 15) is 8.42 Å². The molecule has 0 aliphatic carbocycles. The molecule has 0 bridgehead atoms. The molecule has 3 heterocycles. The number of hydrogen-bond acceptors (Lipinski definition) is 6. The molecule has 10 heteroatoms. The van der Waals surface area contributed by atoms with Crippen LogP contribution >= 0.6 is 0 Å². The summed E-state index contributed by atoms with van der Waals surface area (Å²) in [6, 6.07) is 8.80. The minimum atomic E-state index is -3.96. The molecule has 0 spiro atoms. The van der Waals surface area contributed by atoms with E-state index in [1.54, 1.807) is 24.4 Å². The van der Waals surface area contributed by atoms with Crippen molar-refractivity contribution in [3.8, 4) is 0 Å². The molecular weight excluding hydrogens is 306 g/mol. The smallest absolute Gasteiger partial charge is 0.245 e. The molecule has 0 saturated heterocycles. The van der Waals surface area contributed by atoms with Gasteiger partial charge in [0.1, 0.15) is 6.33 Å². The lowest BCUT2D eigenvalue weighted by atomic mass is 10.3. The molecule has 0 fully saturated rings. The third kappa shape index (κ3) is 1.97. The molecule has 4 aromatic rings. The van der Waals surface area contributed by atoms with Crippen molar-refractivity contribution < 1.29 is 8.42 Å². The quantitative estimate of drug-likeness (QED) is 0.586. The zero-order valence-corrected chi connectivity index (χ0v) is 11.8. The van der Waals surface area contributed by atoms with Crippen molar-refractivity contribution in [1.29, 1.82) is 0 Å². The Morgan fingerprint density at radius 3 is 2.86 bits per heavy atom. The Hall–Kier alpha value is -3.01. The van der Waals surface area contributed by atoms with Gasteiger partial charge in [-0.25, -0.2) is 9.50 Å². The summed E-state index contributed by atoms with van der Waals surface area (Å²) in [6.07, 6.45) is 4.46. The van der Waals surface area contributed by atoms with Crippen molar-refractivity contribution in [2.24, 2.45) is 0 Å². The highest BCUT2D eigenvalue weighted by atomic mass is 32.2. The lowest BCUT2D eigenvalue weighted by molar-refractivity contribution is 0.583. The van der Waals surface area contributed by atoms with Gasteiger partial charge in [0.05, 0.1) is 11.7 Å². The SMILES string of the molecule is O=S(=O)(Nn1ncc2ccccc21)c1nc2ccncn2n1. The highest BCUT2D eigenvalue weighted by Gasteiger charge is 2.21. The van der Waals surface area contributed by atoms with E-state index in [0.717, 1.165) is 5.39 Å². The largest absolute Gasteiger partial charge is 0.314 e. The van der Waals surface area contributed by atoms with E-state index < -0.39 is 10.0 Å².